The van der Waals surface area contributed by atoms with Gasteiger partial charge >= 0.3 is 5.97 Å². The summed E-state index contributed by atoms with van der Waals surface area (Å²) in [6.07, 6.45) is 7.91. The summed E-state index contributed by atoms with van der Waals surface area (Å²) >= 11 is 0. The molecule has 8 heteroatoms. The van der Waals surface area contributed by atoms with Gasteiger partial charge in [0.1, 0.15) is 18.0 Å². The number of anilines is 1. The molecule has 1 aromatic rings. The third-order valence-corrected chi connectivity index (χ3v) is 7.18. The molecule has 0 radical (unpaired) electrons. The van der Waals surface area contributed by atoms with Gasteiger partial charge in [0.25, 0.3) is 5.91 Å². The second-order valence-electron chi connectivity index (χ2n) is 9.65. The molecular formula is C24H32N2O6. The van der Waals surface area contributed by atoms with Crippen LogP contribution in [-0.2, 0) is 19.1 Å². The molecule has 4 saturated carbocycles. The molecular weight excluding hydrogens is 412 g/mol. The number of esters is 1. The van der Waals surface area contributed by atoms with Gasteiger partial charge in [0, 0.05) is 12.5 Å². The number of carbonyl (C=O) groups excluding carboxylic acids is 3. The van der Waals surface area contributed by atoms with Gasteiger partial charge < -0.3 is 24.8 Å². The van der Waals surface area contributed by atoms with Gasteiger partial charge in [0.2, 0.25) is 5.91 Å². The van der Waals surface area contributed by atoms with Gasteiger partial charge in [-0.05, 0) is 73.8 Å². The molecule has 32 heavy (non-hydrogen) atoms. The SMILES string of the molecule is COc1ccc(OC)c(NC(=O)COC(=O)CNC(=O)CC23CC4CC(CC(C4)C2)C3)c1. The molecule has 4 bridgehead atoms. The Bertz CT molecular complexity index is 848. The van der Waals surface area contributed by atoms with Crippen molar-refractivity contribution in [1.82, 2.24) is 5.32 Å². The Morgan fingerprint density at radius 3 is 2.22 bits per heavy atom. The maximum atomic E-state index is 12.5. The van der Waals surface area contributed by atoms with Crippen molar-refractivity contribution in [1.29, 1.82) is 0 Å². The van der Waals surface area contributed by atoms with E-state index in [9.17, 15) is 14.4 Å². The third-order valence-electron chi connectivity index (χ3n) is 7.18. The lowest BCUT2D eigenvalue weighted by molar-refractivity contribution is -0.147. The average Bonchev–Trinajstić information content (AvgIpc) is 2.75. The van der Waals surface area contributed by atoms with Gasteiger partial charge in [0.05, 0.1) is 19.9 Å². The van der Waals surface area contributed by atoms with E-state index < -0.39 is 18.5 Å². The van der Waals surface area contributed by atoms with Crippen LogP contribution in [0.2, 0.25) is 0 Å². The van der Waals surface area contributed by atoms with E-state index in [1.807, 2.05) is 0 Å². The first kappa shape index (κ1) is 22.4. The molecule has 0 spiro atoms. The summed E-state index contributed by atoms with van der Waals surface area (Å²) < 4.78 is 15.4. The Kier molecular flexibility index (Phi) is 6.58. The highest BCUT2D eigenvalue weighted by Crippen LogP contribution is 2.61. The van der Waals surface area contributed by atoms with E-state index in [2.05, 4.69) is 10.6 Å². The number of carbonyl (C=O) groups is 3. The molecule has 0 aromatic heterocycles. The highest BCUT2D eigenvalue weighted by Gasteiger charge is 2.51. The van der Waals surface area contributed by atoms with Crippen LogP contribution in [0.15, 0.2) is 18.2 Å². The fourth-order valence-electron chi connectivity index (χ4n) is 6.38. The minimum atomic E-state index is -0.642. The molecule has 4 aliphatic rings. The molecule has 0 atom stereocenters. The van der Waals surface area contributed by atoms with Crippen molar-refractivity contribution in [3.63, 3.8) is 0 Å². The summed E-state index contributed by atoms with van der Waals surface area (Å²) in [5.41, 5.74) is 0.537. The van der Waals surface area contributed by atoms with Crippen LogP contribution in [0.4, 0.5) is 5.69 Å². The second kappa shape index (κ2) is 9.38. The number of ether oxygens (including phenoxy) is 3. The fraction of sp³-hybridized carbons (Fsp3) is 0.625. The van der Waals surface area contributed by atoms with Crippen LogP contribution in [0, 0.1) is 23.2 Å². The summed E-state index contributed by atoms with van der Waals surface area (Å²) in [4.78, 5) is 36.7. The van der Waals surface area contributed by atoms with Gasteiger partial charge in [-0.3, -0.25) is 14.4 Å². The molecule has 174 valence electrons. The molecule has 0 heterocycles. The predicted molar refractivity (Wildman–Crippen MR) is 117 cm³/mol. The van der Waals surface area contributed by atoms with Crippen molar-refractivity contribution in [2.24, 2.45) is 23.2 Å². The minimum absolute atomic E-state index is 0.102. The molecule has 2 N–H and O–H groups in total. The molecule has 4 aliphatic carbocycles. The van der Waals surface area contributed by atoms with E-state index >= 15 is 0 Å². The lowest BCUT2D eigenvalue weighted by Crippen LogP contribution is -2.48. The molecule has 4 fully saturated rings. The summed E-state index contributed by atoms with van der Waals surface area (Å²) in [7, 11) is 3.01. The van der Waals surface area contributed by atoms with Crippen LogP contribution in [0.5, 0.6) is 11.5 Å². The van der Waals surface area contributed by atoms with E-state index in [0.717, 1.165) is 37.0 Å². The molecule has 0 saturated heterocycles. The van der Waals surface area contributed by atoms with Crippen LogP contribution < -0.4 is 20.1 Å². The van der Waals surface area contributed by atoms with Crippen LogP contribution in [0.25, 0.3) is 0 Å². The zero-order chi connectivity index (χ0) is 22.7. The largest absolute Gasteiger partial charge is 0.497 e. The number of methoxy groups -OCH3 is 2. The normalized spacial score (nSPS) is 27.5. The topological polar surface area (TPSA) is 103 Å². The van der Waals surface area contributed by atoms with E-state index in [0.29, 0.717) is 23.6 Å². The number of hydrogen-bond donors (Lipinski definition) is 2. The quantitative estimate of drug-likeness (QED) is 0.568. The van der Waals surface area contributed by atoms with Crippen molar-refractivity contribution in [3.05, 3.63) is 18.2 Å². The zero-order valence-corrected chi connectivity index (χ0v) is 18.8. The first-order chi connectivity index (χ1) is 15.4. The van der Waals surface area contributed by atoms with Gasteiger partial charge in [-0.15, -0.1) is 0 Å². The van der Waals surface area contributed by atoms with Crippen molar-refractivity contribution in [3.8, 4) is 11.5 Å². The number of hydrogen-bond acceptors (Lipinski definition) is 6. The number of amides is 2. The van der Waals surface area contributed by atoms with E-state index in [4.69, 9.17) is 14.2 Å². The maximum Gasteiger partial charge on any atom is 0.325 e. The van der Waals surface area contributed by atoms with Crippen molar-refractivity contribution >= 4 is 23.5 Å². The Labute approximate surface area is 188 Å². The Morgan fingerprint density at radius 1 is 0.969 bits per heavy atom. The fourth-order valence-corrected chi connectivity index (χ4v) is 6.38. The molecule has 0 aliphatic heterocycles. The predicted octanol–water partition coefficient (Wildman–Crippen LogP) is 2.91. The molecule has 5 rings (SSSR count). The van der Waals surface area contributed by atoms with E-state index in [1.165, 1.54) is 33.5 Å². The smallest absolute Gasteiger partial charge is 0.325 e. The molecule has 2 amide bonds. The number of rotatable bonds is 9. The second-order valence-corrected chi connectivity index (χ2v) is 9.65. The zero-order valence-electron chi connectivity index (χ0n) is 18.8. The Morgan fingerprint density at radius 2 is 1.62 bits per heavy atom. The third kappa shape index (κ3) is 5.16. The highest BCUT2D eigenvalue weighted by molar-refractivity contribution is 5.94. The van der Waals surface area contributed by atoms with Crippen LogP contribution in [0.3, 0.4) is 0 Å². The van der Waals surface area contributed by atoms with Gasteiger partial charge in [-0.2, -0.15) is 0 Å². The first-order valence-electron chi connectivity index (χ1n) is 11.3. The molecule has 8 nitrogen and oxygen atoms in total. The van der Waals surface area contributed by atoms with E-state index in [1.54, 1.807) is 18.2 Å². The minimum Gasteiger partial charge on any atom is -0.497 e. The van der Waals surface area contributed by atoms with Crippen molar-refractivity contribution in [2.75, 3.05) is 32.7 Å². The van der Waals surface area contributed by atoms with E-state index in [-0.39, 0.29) is 17.9 Å². The summed E-state index contributed by atoms with van der Waals surface area (Å²) in [6, 6.07) is 4.99. The van der Waals surface area contributed by atoms with Crippen LogP contribution in [-0.4, -0.2) is 45.2 Å². The van der Waals surface area contributed by atoms with Gasteiger partial charge in [-0.25, -0.2) is 0 Å². The van der Waals surface area contributed by atoms with Crippen LogP contribution >= 0.6 is 0 Å². The Balaban J connectivity index is 1.19. The molecule has 1 aromatic carbocycles. The molecule has 0 unspecified atom stereocenters. The van der Waals surface area contributed by atoms with Crippen molar-refractivity contribution < 1.29 is 28.6 Å². The highest BCUT2D eigenvalue weighted by atomic mass is 16.5. The summed E-state index contributed by atoms with van der Waals surface area (Å²) in [6.45, 7) is -0.689. The van der Waals surface area contributed by atoms with Gasteiger partial charge in [-0.1, -0.05) is 0 Å². The van der Waals surface area contributed by atoms with Crippen molar-refractivity contribution in [2.45, 2.75) is 44.9 Å². The monoisotopic (exact) mass is 444 g/mol. The standard InChI is InChI=1S/C24H32N2O6/c1-30-18-3-4-20(31-2)19(8-18)26-22(28)14-32-23(29)13-25-21(27)12-24-9-15-5-16(10-24)7-17(6-15)11-24/h3-4,8,15-17H,5-7,9-14H2,1-2H3,(H,25,27)(H,26,28). The lowest BCUT2D eigenvalue weighted by Gasteiger charge is -2.56. The summed E-state index contributed by atoms with van der Waals surface area (Å²) in [5.74, 6) is 2.10. The Hall–Kier alpha value is -2.77. The first-order valence-corrected chi connectivity index (χ1v) is 11.3. The number of nitrogens with one attached hydrogen (secondary N) is 2. The average molecular weight is 445 g/mol. The van der Waals surface area contributed by atoms with Gasteiger partial charge in [0.15, 0.2) is 6.61 Å². The number of benzene rings is 1. The summed E-state index contributed by atoms with van der Waals surface area (Å²) in [5, 5.41) is 5.32. The van der Waals surface area contributed by atoms with Crippen LogP contribution in [0.1, 0.15) is 44.9 Å². The lowest BCUT2D eigenvalue weighted by atomic mass is 9.49. The maximum absolute atomic E-state index is 12.5.